The summed E-state index contributed by atoms with van der Waals surface area (Å²) in [7, 11) is 0. The van der Waals surface area contributed by atoms with Crippen molar-refractivity contribution in [3.63, 3.8) is 0 Å². The maximum Gasteiger partial charge on any atom is 0.262 e. The SMILES string of the molecule is Cc1ccc(-c2c(C(=O)NC[C@@H](C)O)sc3c2cnc2ccc(C)cc23)cc1. The van der Waals surface area contributed by atoms with Gasteiger partial charge >= 0.3 is 0 Å². The molecule has 4 rings (SSSR count). The predicted octanol–water partition coefficient (Wildman–Crippen LogP) is 4.84. The summed E-state index contributed by atoms with van der Waals surface area (Å²) < 4.78 is 1.06. The fourth-order valence-corrected chi connectivity index (χ4v) is 4.57. The number of aliphatic hydroxyl groups excluding tert-OH is 1. The van der Waals surface area contributed by atoms with Crippen LogP contribution < -0.4 is 5.32 Å². The molecular formula is C23H22N2O2S. The van der Waals surface area contributed by atoms with Crippen LogP contribution in [0, 0.1) is 13.8 Å². The zero-order valence-electron chi connectivity index (χ0n) is 16.1. The van der Waals surface area contributed by atoms with E-state index in [1.165, 1.54) is 16.9 Å². The number of fused-ring (bicyclic) bond motifs is 3. The minimum Gasteiger partial charge on any atom is -0.392 e. The van der Waals surface area contributed by atoms with E-state index in [1.54, 1.807) is 6.92 Å². The molecule has 5 heteroatoms. The van der Waals surface area contributed by atoms with E-state index in [2.05, 4.69) is 35.4 Å². The monoisotopic (exact) mass is 390 g/mol. The Bertz CT molecular complexity index is 1180. The van der Waals surface area contributed by atoms with Gasteiger partial charge in [0, 0.05) is 33.8 Å². The first-order valence-corrected chi connectivity index (χ1v) is 10.1. The number of carbonyl (C=O) groups excluding carboxylic acids is 1. The van der Waals surface area contributed by atoms with Crippen LogP contribution in [0.5, 0.6) is 0 Å². The van der Waals surface area contributed by atoms with Gasteiger partial charge < -0.3 is 10.4 Å². The average Bonchev–Trinajstić information content (AvgIpc) is 3.07. The minimum absolute atomic E-state index is 0.168. The second-order valence-corrected chi connectivity index (χ2v) is 8.27. The van der Waals surface area contributed by atoms with E-state index in [-0.39, 0.29) is 12.5 Å². The predicted molar refractivity (Wildman–Crippen MR) is 116 cm³/mol. The molecule has 2 N–H and O–H groups in total. The van der Waals surface area contributed by atoms with Crippen LogP contribution in [-0.2, 0) is 0 Å². The summed E-state index contributed by atoms with van der Waals surface area (Å²) in [6.07, 6.45) is 1.27. The second kappa shape index (κ2) is 7.34. The topological polar surface area (TPSA) is 62.2 Å². The lowest BCUT2D eigenvalue weighted by molar-refractivity contribution is 0.0928. The van der Waals surface area contributed by atoms with Crippen molar-refractivity contribution in [2.75, 3.05) is 6.54 Å². The summed E-state index contributed by atoms with van der Waals surface area (Å²) in [5.74, 6) is -0.168. The smallest absolute Gasteiger partial charge is 0.262 e. The van der Waals surface area contributed by atoms with Gasteiger partial charge in [-0.3, -0.25) is 9.78 Å². The molecule has 2 aromatic carbocycles. The van der Waals surface area contributed by atoms with Crippen molar-refractivity contribution >= 4 is 38.2 Å². The molecule has 0 saturated carbocycles. The molecule has 0 spiro atoms. The van der Waals surface area contributed by atoms with Gasteiger partial charge in [-0.2, -0.15) is 0 Å². The van der Waals surface area contributed by atoms with Crippen molar-refractivity contribution in [1.82, 2.24) is 10.3 Å². The van der Waals surface area contributed by atoms with Crippen LogP contribution >= 0.6 is 11.3 Å². The van der Waals surface area contributed by atoms with E-state index in [0.29, 0.717) is 4.88 Å². The number of amides is 1. The Kier molecular flexibility index (Phi) is 4.87. The van der Waals surface area contributed by atoms with E-state index in [1.807, 2.05) is 37.4 Å². The van der Waals surface area contributed by atoms with Gasteiger partial charge in [-0.05, 0) is 38.5 Å². The molecule has 0 aliphatic rings. The van der Waals surface area contributed by atoms with Crippen LogP contribution in [-0.4, -0.2) is 28.6 Å². The highest BCUT2D eigenvalue weighted by atomic mass is 32.1. The molecule has 0 radical (unpaired) electrons. The van der Waals surface area contributed by atoms with Crippen molar-refractivity contribution in [2.45, 2.75) is 26.9 Å². The Morgan fingerprint density at radius 1 is 1.11 bits per heavy atom. The number of nitrogens with one attached hydrogen (secondary N) is 1. The summed E-state index contributed by atoms with van der Waals surface area (Å²) in [5.41, 5.74) is 5.15. The highest BCUT2D eigenvalue weighted by Crippen LogP contribution is 2.41. The highest BCUT2D eigenvalue weighted by Gasteiger charge is 2.21. The molecule has 0 fully saturated rings. The number of aliphatic hydroxyl groups is 1. The van der Waals surface area contributed by atoms with Gasteiger partial charge in [0.1, 0.15) is 4.88 Å². The number of carbonyl (C=O) groups is 1. The summed E-state index contributed by atoms with van der Waals surface area (Å²) >= 11 is 1.49. The number of rotatable bonds is 4. The number of nitrogens with zero attached hydrogens (tertiary/aromatic N) is 1. The fraction of sp³-hybridized carbons (Fsp3) is 0.217. The Hall–Kier alpha value is -2.76. The van der Waals surface area contributed by atoms with Gasteiger partial charge in [0.15, 0.2) is 0 Å². The number of hydrogen-bond acceptors (Lipinski definition) is 4. The molecule has 1 amide bonds. The fourth-order valence-electron chi connectivity index (χ4n) is 3.33. The number of pyridine rings is 1. The molecule has 2 heterocycles. The van der Waals surface area contributed by atoms with Crippen LogP contribution in [0.1, 0.15) is 27.7 Å². The molecule has 4 aromatic rings. The van der Waals surface area contributed by atoms with Gasteiger partial charge in [0.25, 0.3) is 5.91 Å². The van der Waals surface area contributed by atoms with Gasteiger partial charge in [-0.25, -0.2) is 0 Å². The van der Waals surface area contributed by atoms with E-state index >= 15 is 0 Å². The lowest BCUT2D eigenvalue weighted by Gasteiger charge is -2.08. The number of hydrogen-bond donors (Lipinski definition) is 2. The Morgan fingerprint density at radius 2 is 1.82 bits per heavy atom. The lowest BCUT2D eigenvalue weighted by atomic mass is 10.00. The van der Waals surface area contributed by atoms with E-state index < -0.39 is 6.10 Å². The Balaban J connectivity index is 1.98. The molecular weight excluding hydrogens is 368 g/mol. The molecule has 0 aliphatic heterocycles. The van der Waals surface area contributed by atoms with Crippen LogP contribution in [0.15, 0.2) is 48.7 Å². The molecule has 0 unspecified atom stereocenters. The van der Waals surface area contributed by atoms with Crippen LogP contribution in [0.2, 0.25) is 0 Å². The average molecular weight is 391 g/mol. The molecule has 0 aliphatic carbocycles. The second-order valence-electron chi connectivity index (χ2n) is 7.25. The first kappa shape index (κ1) is 18.6. The maximum atomic E-state index is 13.0. The number of aryl methyl sites for hydroxylation is 2. The third kappa shape index (κ3) is 3.39. The Morgan fingerprint density at radius 3 is 2.54 bits per heavy atom. The molecule has 4 nitrogen and oxygen atoms in total. The van der Waals surface area contributed by atoms with Gasteiger partial charge in [-0.15, -0.1) is 11.3 Å². The quantitative estimate of drug-likeness (QED) is 0.524. The van der Waals surface area contributed by atoms with Gasteiger partial charge in [0.05, 0.1) is 11.6 Å². The van der Waals surface area contributed by atoms with Gasteiger partial charge in [-0.1, -0.05) is 41.5 Å². The lowest BCUT2D eigenvalue weighted by Crippen LogP contribution is -2.30. The largest absolute Gasteiger partial charge is 0.392 e. The number of thiophene rings is 1. The van der Waals surface area contributed by atoms with Crippen LogP contribution in [0.4, 0.5) is 0 Å². The molecule has 0 bridgehead atoms. The Labute approximate surface area is 167 Å². The first-order valence-electron chi connectivity index (χ1n) is 9.29. The number of aromatic nitrogens is 1. The molecule has 142 valence electrons. The van der Waals surface area contributed by atoms with E-state index in [9.17, 15) is 9.90 Å². The van der Waals surface area contributed by atoms with Crippen molar-refractivity contribution in [3.05, 3.63) is 64.7 Å². The first-order chi connectivity index (χ1) is 13.4. The zero-order chi connectivity index (χ0) is 19.8. The molecule has 2 aromatic heterocycles. The van der Waals surface area contributed by atoms with Crippen molar-refractivity contribution in [1.29, 1.82) is 0 Å². The van der Waals surface area contributed by atoms with E-state index in [4.69, 9.17) is 0 Å². The van der Waals surface area contributed by atoms with Crippen molar-refractivity contribution in [3.8, 4) is 11.1 Å². The summed E-state index contributed by atoms with van der Waals surface area (Å²) in [5, 5.41) is 14.4. The molecule has 0 saturated heterocycles. The summed E-state index contributed by atoms with van der Waals surface area (Å²) in [6.45, 7) is 5.98. The standard InChI is InChI=1S/C23H22N2O2S/c1-13-4-7-16(8-5-13)20-18-12-24-19-9-6-14(2)10-17(19)21(18)28-22(20)23(27)25-11-15(3)26/h4-10,12,15,26H,11H2,1-3H3,(H,25,27)/t15-/m1/s1. The summed E-state index contributed by atoms with van der Waals surface area (Å²) in [6, 6.07) is 14.4. The van der Waals surface area contributed by atoms with Crippen LogP contribution in [0.25, 0.3) is 32.1 Å². The van der Waals surface area contributed by atoms with E-state index in [0.717, 1.165) is 37.7 Å². The van der Waals surface area contributed by atoms with Gasteiger partial charge in [0.2, 0.25) is 0 Å². The number of benzene rings is 2. The maximum absolute atomic E-state index is 13.0. The summed E-state index contributed by atoms with van der Waals surface area (Å²) in [4.78, 5) is 18.2. The minimum atomic E-state index is -0.591. The van der Waals surface area contributed by atoms with Crippen LogP contribution in [0.3, 0.4) is 0 Å². The normalized spacial score (nSPS) is 12.4. The molecule has 1 atom stereocenters. The molecule has 28 heavy (non-hydrogen) atoms. The third-order valence-corrected chi connectivity index (χ3v) is 6.02. The third-order valence-electron chi connectivity index (χ3n) is 4.78. The zero-order valence-corrected chi connectivity index (χ0v) is 16.9. The highest BCUT2D eigenvalue weighted by molar-refractivity contribution is 7.22. The van der Waals surface area contributed by atoms with Crippen molar-refractivity contribution < 1.29 is 9.90 Å². The van der Waals surface area contributed by atoms with Crippen molar-refractivity contribution in [2.24, 2.45) is 0 Å².